The van der Waals surface area contributed by atoms with Gasteiger partial charge in [0.1, 0.15) is 17.3 Å². The molecular formula is C9H14O3. The minimum absolute atomic E-state index is 0.0308. The second-order valence-electron chi connectivity index (χ2n) is 2.81. The van der Waals surface area contributed by atoms with Crippen molar-refractivity contribution in [3.05, 3.63) is 0 Å². The molecule has 0 saturated carbocycles. The number of hydrogen-bond acceptors (Lipinski definition) is 3. The summed E-state index contributed by atoms with van der Waals surface area (Å²) in [6.07, 6.45) is 0.930. The Labute approximate surface area is 72.1 Å². The molecule has 0 aromatic rings. The first-order valence-electron chi connectivity index (χ1n) is 4.09. The molecule has 0 amide bonds. The van der Waals surface area contributed by atoms with E-state index in [0.717, 1.165) is 0 Å². The van der Waals surface area contributed by atoms with Gasteiger partial charge in [-0.1, -0.05) is 6.92 Å². The molecule has 0 rings (SSSR count). The summed E-state index contributed by atoms with van der Waals surface area (Å²) in [5.74, 6) is -0.194. The summed E-state index contributed by atoms with van der Waals surface area (Å²) in [4.78, 5) is 32.1. The van der Waals surface area contributed by atoms with Gasteiger partial charge in [-0.3, -0.25) is 14.4 Å². The van der Waals surface area contributed by atoms with E-state index in [1.807, 2.05) is 0 Å². The van der Waals surface area contributed by atoms with Gasteiger partial charge in [0.25, 0.3) is 0 Å². The Balaban J connectivity index is 3.57. The van der Waals surface area contributed by atoms with Crippen LogP contribution in [0.3, 0.4) is 0 Å². The van der Waals surface area contributed by atoms with Gasteiger partial charge in [-0.15, -0.1) is 0 Å². The fourth-order valence-electron chi connectivity index (χ4n) is 0.822. The van der Waals surface area contributed by atoms with E-state index in [0.29, 0.717) is 6.42 Å². The van der Waals surface area contributed by atoms with Crippen LogP contribution in [0.1, 0.15) is 39.5 Å². The van der Waals surface area contributed by atoms with Crippen molar-refractivity contribution < 1.29 is 14.4 Å². The quantitative estimate of drug-likeness (QED) is 0.564. The third kappa shape index (κ3) is 5.77. The van der Waals surface area contributed by atoms with Crippen molar-refractivity contribution in [2.75, 3.05) is 0 Å². The van der Waals surface area contributed by atoms with Gasteiger partial charge in [0.2, 0.25) is 0 Å². The zero-order chi connectivity index (χ0) is 9.56. The van der Waals surface area contributed by atoms with Crippen molar-refractivity contribution >= 4 is 17.3 Å². The summed E-state index contributed by atoms with van der Waals surface area (Å²) >= 11 is 0. The normalized spacial score (nSPS) is 9.50. The van der Waals surface area contributed by atoms with Gasteiger partial charge < -0.3 is 0 Å². The molecule has 0 heterocycles. The van der Waals surface area contributed by atoms with Gasteiger partial charge in [0.05, 0.1) is 6.42 Å². The van der Waals surface area contributed by atoms with Crippen LogP contribution in [0.2, 0.25) is 0 Å². The van der Waals surface area contributed by atoms with Gasteiger partial charge >= 0.3 is 0 Å². The number of ketones is 3. The smallest absolute Gasteiger partial charge is 0.140 e. The average Bonchev–Trinajstić information content (AvgIpc) is 1.99. The van der Waals surface area contributed by atoms with Crippen LogP contribution in [0, 0.1) is 0 Å². The molecule has 0 aromatic carbocycles. The topological polar surface area (TPSA) is 51.2 Å². The number of rotatable bonds is 6. The molecule has 3 heteroatoms. The number of carbonyl (C=O) groups excluding carboxylic acids is 3. The van der Waals surface area contributed by atoms with Crippen LogP contribution in [-0.4, -0.2) is 17.3 Å². The van der Waals surface area contributed by atoms with Crippen molar-refractivity contribution in [1.82, 2.24) is 0 Å². The van der Waals surface area contributed by atoms with Crippen LogP contribution < -0.4 is 0 Å². The summed E-state index contributed by atoms with van der Waals surface area (Å²) in [6.45, 7) is 3.14. The van der Waals surface area contributed by atoms with Crippen LogP contribution in [0.25, 0.3) is 0 Å². The Hall–Kier alpha value is -0.990. The lowest BCUT2D eigenvalue weighted by Gasteiger charge is -1.95. The van der Waals surface area contributed by atoms with Crippen molar-refractivity contribution in [3.8, 4) is 0 Å². The molecule has 0 aliphatic heterocycles. The fourth-order valence-corrected chi connectivity index (χ4v) is 0.822. The monoisotopic (exact) mass is 170 g/mol. The molecule has 0 aromatic heterocycles. The minimum atomic E-state index is -0.135. The molecule has 0 spiro atoms. The molecule has 0 aliphatic carbocycles. The number of hydrogen-bond donors (Lipinski definition) is 0. The number of carbonyl (C=O) groups is 3. The summed E-state index contributed by atoms with van der Waals surface area (Å²) in [7, 11) is 0. The lowest BCUT2D eigenvalue weighted by Crippen LogP contribution is -2.06. The molecular weight excluding hydrogens is 156 g/mol. The van der Waals surface area contributed by atoms with Crippen molar-refractivity contribution in [3.63, 3.8) is 0 Å². The molecule has 0 atom stereocenters. The van der Waals surface area contributed by atoms with Crippen LogP contribution in [-0.2, 0) is 14.4 Å². The Morgan fingerprint density at radius 3 is 1.92 bits per heavy atom. The van der Waals surface area contributed by atoms with Crippen LogP contribution in [0.5, 0.6) is 0 Å². The molecule has 0 saturated heterocycles. The van der Waals surface area contributed by atoms with E-state index in [1.165, 1.54) is 6.92 Å². The standard InChI is InChI=1S/C9H14O3/c1-3-8(11)4-5-9(12)6-7(2)10/h3-6H2,1-2H3. The molecule has 68 valence electrons. The van der Waals surface area contributed by atoms with Gasteiger partial charge in [-0.2, -0.15) is 0 Å². The molecule has 0 bridgehead atoms. The maximum atomic E-state index is 10.9. The first-order chi connectivity index (χ1) is 5.56. The van der Waals surface area contributed by atoms with Crippen LogP contribution in [0.15, 0.2) is 0 Å². The van der Waals surface area contributed by atoms with Crippen molar-refractivity contribution in [2.45, 2.75) is 39.5 Å². The summed E-state index contributed by atoms with van der Waals surface area (Å²) in [6, 6.07) is 0. The zero-order valence-electron chi connectivity index (χ0n) is 7.55. The highest BCUT2D eigenvalue weighted by Crippen LogP contribution is 1.98. The predicted molar refractivity (Wildman–Crippen MR) is 44.8 cm³/mol. The third-order valence-electron chi connectivity index (χ3n) is 1.52. The van der Waals surface area contributed by atoms with E-state index in [-0.39, 0.29) is 36.6 Å². The largest absolute Gasteiger partial charge is 0.300 e. The second kappa shape index (κ2) is 5.63. The number of Topliss-reactive ketones (excluding diaryl/α,β-unsaturated/α-hetero) is 3. The van der Waals surface area contributed by atoms with Crippen molar-refractivity contribution in [2.24, 2.45) is 0 Å². The summed E-state index contributed by atoms with van der Waals surface area (Å²) in [5, 5.41) is 0. The van der Waals surface area contributed by atoms with Crippen LogP contribution in [0.4, 0.5) is 0 Å². The molecule has 0 unspecified atom stereocenters. The Morgan fingerprint density at radius 1 is 1.00 bits per heavy atom. The Bertz CT molecular complexity index is 194. The average molecular weight is 170 g/mol. The molecule has 0 aliphatic rings. The maximum Gasteiger partial charge on any atom is 0.140 e. The molecule has 0 fully saturated rings. The summed E-state index contributed by atoms with van der Waals surface area (Å²) in [5.41, 5.74) is 0. The van der Waals surface area contributed by atoms with E-state index in [9.17, 15) is 14.4 Å². The van der Waals surface area contributed by atoms with Gasteiger partial charge in [-0.05, 0) is 6.92 Å². The lowest BCUT2D eigenvalue weighted by atomic mass is 10.1. The predicted octanol–water partition coefficient (Wildman–Crippen LogP) is 1.29. The van der Waals surface area contributed by atoms with Crippen LogP contribution >= 0.6 is 0 Å². The van der Waals surface area contributed by atoms with E-state index in [4.69, 9.17) is 0 Å². The third-order valence-corrected chi connectivity index (χ3v) is 1.52. The molecule has 0 N–H and O–H groups in total. The second-order valence-corrected chi connectivity index (χ2v) is 2.81. The highest BCUT2D eigenvalue weighted by atomic mass is 16.1. The first kappa shape index (κ1) is 11.0. The highest BCUT2D eigenvalue weighted by molar-refractivity contribution is 5.99. The fraction of sp³-hybridized carbons (Fsp3) is 0.667. The molecule has 3 nitrogen and oxygen atoms in total. The maximum absolute atomic E-state index is 10.9. The minimum Gasteiger partial charge on any atom is -0.300 e. The van der Waals surface area contributed by atoms with E-state index in [2.05, 4.69) is 0 Å². The molecule has 12 heavy (non-hydrogen) atoms. The zero-order valence-corrected chi connectivity index (χ0v) is 7.55. The van der Waals surface area contributed by atoms with Gasteiger partial charge in [0.15, 0.2) is 0 Å². The highest BCUT2D eigenvalue weighted by Gasteiger charge is 2.07. The van der Waals surface area contributed by atoms with E-state index < -0.39 is 0 Å². The van der Waals surface area contributed by atoms with E-state index >= 15 is 0 Å². The first-order valence-corrected chi connectivity index (χ1v) is 4.09. The Morgan fingerprint density at radius 2 is 1.50 bits per heavy atom. The summed E-state index contributed by atoms with van der Waals surface area (Å²) < 4.78 is 0. The lowest BCUT2D eigenvalue weighted by molar-refractivity contribution is -0.128. The van der Waals surface area contributed by atoms with Gasteiger partial charge in [-0.25, -0.2) is 0 Å². The SMILES string of the molecule is CCC(=O)CCC(=O)CC(C)=O. The molecule has 0 radical (unpaired) electrons. The van der Waals surface area contributed by atoms with Gasteiger partial charge in [0, 0.05) is 19.3 Å². The Kier molecular flexibility index (Phi) is 5.17. The van der Waals surface area contributed by atoms with Crippen molar-refractivity contribution in [1.29, 1.82) is 0 Å². The van der Waals surface area contributed by atoms with E-state index in [1.54, 1.807) is 6.92 Å².